The van der Waals surface area contributed by atoms with E-state index in [-0.39, 0.29) is 5.56 Å². The van der Waals surface area contributed by atoms with Crippen molar-refractivity contribution in [3.8, 4) is 0 Å². The van der Waals surface area contributed by atoms with E-state index in [4.69, 9.17) is 11.6 Å². The van der Waals surface area contributed by atoms with Crippen LogP contribution < -0.4 is 0 Å². The Bertz CT molecular complexity index is 400. The van der Waals surface area contributed by atoms with Gasteiger partial charge in [-0.05, 0) is 5.56 Å². The van der Waals surface area contributed by atoms with Gasteiger partial charge in [0.2, 0.25) is 5.78 Å². The molecule has 0 fully saturated rings. The molecule has 16 heavy (non-hydrogen) atoms. The third kappa shape index (κ3) is 2.82. The first-order valence-corrected chi connectivity index (χ1v) is 4.62. The van der Waals surface area contributed by atoms with Gasteiger partial charge >= 0.3 is 12.0 Å². The summed E-state index contributed by atoms with van der Waals surface area (Å²) < 4.78 is 35.8. The number of alkyl halides is 4. The van der Waals surface area contributed by atoms with Crippen molar-refractivity contribution >= 4 is 23.2 Å². The molecule has 1 aromatic rings. The van der Waals surface area contributed by atoms with Gasteiger partial charge in [-0.3, -0.25) is 9.59 Å². The van der Waals surface area contributed by atoms with E-state index in [1.165, 1.54) is 24.3 Å². The van der Waals surface area contributed by atoms with Gasteiger partial charge < -0.3 is 0 Å². The lowest BCUT2D eigenvalue weighted by molar-refractivity contribution is -0.174. The average Bonchev–Trinajstić information content (AvgIpc) is 2.26. The Morgan fingerprint density at radius 1 is 1.12 bits per heavy atom. The van der Waals surface area contributed by atoms with E-state index in [1.807, 2.05) is 0 Å². The molecule has 0 aromatic heterocycles. The molecule has 0 N–H and O–H groups in total. The molecule has 6 heteroatoms. The summed E-state index contributed by atoms with van der Waals surface area (Å²) in [7, 11) is 0. The molecule has 0 heterocycles. The number of halogens is 4. The number of benzene rings is 1. The Kier molecular flexibility index (Phi) is 3.70. The molecule has 0 radical (unpaired) electrons. The number of hydrogen-bond donors (Lipinski definition) is 0. The van der Waals surface area contributed by atoms with E-state index < -0.39 is 23.1 Å². The maximum Gasteiger partial charge on any atom is 0.458 e. The quantitative estimate of drug-likeness (QED) is 0.611. The predicted molar refractivity (Wildman–Crippen MR) is 51.1 cm³/mol. The van der Waals surface area contributed by atoms with Gasteiger partial charge in [-0.15, -0.1) is 11.6 Å². The van der Waals surface area contributed by atoms with Crippen LogP contribution in [-0.4, -0.2) is 17.7 Å². The van der Waals surface area contributed by atoms with Crippen molar-refractivity contribution in [2.24, 2.45) is 0 Å². The van der Waals surface area contributed by atoms with E-state index in [0.29, 0.717) is 0 Å². The number of Topliss-reactive ketones (excluding diaryl/α,β-unsaturated/α-hetero) is 2. The Balaban J connectivity index is 2.88. The zero-order valence-corrected chi connectivity index (χ0v) is 8.55. The Labute approximate surface area is 94.0 Å². The molecule has 0 spiro atoms. The summed E-state index contributed by atoms with van der Waals surface area (Å²) in [6.07, 6.45) is -5.18. The summed E-state index contributed by atoms with van der Waals surface area (Å²) in [6, 6.07) is 7.38. The lowest BCUT2D eigenvalue weighted by Gasteiger charge is -2.09. The van der Waals surface area contributed by atoms with E-state index in [9.17, 15) is 22.8 Å². The molecular formula is C10H6ClF3O2. The topological polar surface area (TPSA) is 34.1 Å². The van der Waals surface area contributed by atoms with Gasteiger partial charge in [-0.25, -0.2) is 0 Å². The number of hydrogen-bond acceptors (Lipinski definition) is 2. The largest absolute Gasteiger partial charge is 0.458 e. The Morgan fingerprint density at radius 3 is 2.06 bits per heavy atom. The summed E-state index contributed by atoms with van der Waals surface area (Å²) in [5.74, 6) is -4.10. The Hall–Kier alpha value is -1.36. The number of carbonyl (C=O) groups excluding carboxylic acids is 2. The molecule has 0 aliphatic heterocycles. The zero-order chi connectivity index (χ0) is 12.3. The lowest BCUT2D eigenvalue weighted by Crippen LogP contribution is -2.33. The third-order valence-corrected chi connectivity index (χ3v) is 2.25. The van der Waals surface area contributed by atoms with Crippen LogP contribution in [0, 0.1) is 0 Å². The first-order chi connectivity index (χ1) is 7.34. The van der Waals surface area contributed by atoms with Crippen LogP contribution in [0.3, 0.4) is 0 Å². The number of carbonyl (C=O) groups is 2. The molecule has 86 valence electrons. The highest BCUT2D eigenvalue weighted by atomic mass is 35.5. The van der Waals surface area contributed by atoms with Gasteiger partial charge in [0.1, 0.15) is 5.38 Å². The normalized spacial score (nSPS) is 13.2. The summed E-state index contributed by atoms with van der Waals surface area (Å²) in [6.45, 7) is 0. The van der Waals surface area contributed by atoms with E-state index in [0.717, 1.165) is 0 Å². The van der Waals surface area contributed by atoms with Gasteiger partial charge in [-0.2, -0.15) is 13.2 Å². The molecule has 1 rings (SSSR count). The minimum atomic E-state index is -5.18. The van der Waals surface area contributed by atoms with Crippen LogP contribution in [-0.2, 0) is 9.59 Å². The highest BCUT2D eigenvalue weighted by molar-refractivity contribution is 6.50. The van der Waals surface area contributed by atoms with Crippen molar-refractivity contribution in [2.45, 2.75) is 11.6 Å². The highest BCUT2D eigenvalue weighted by Crippen LogP contribution is 2.26. The molecule has 0 saturated heterocycles. The second-order valence-electron chi connectivity index (χ2n) is 2.96. The molecule has 0 aliphatic carbocycles. The SMILES string of the molecule is O=C(C(=O)C(F)(F)F)C(Cl)c1ccccc1. The van der Waals surface area contributed by atoms with Crippen LogP contribution in [0.5, 0.6) is 0 Å². The first kappa shape index (κ1) is 12.7. The maximum atomic E-state index is 11.9. The fraction of sp³-hybridized carbons (Fsp3) is 0.200. The fourth-order valence-corrected chi connectivity index (χ4v) is 1.27. The van der Waals surface area contributed by atoms with Crippen molar-refractivity contribution in [1.29, 1.82) is 0 Å². The minimum Gasteiger partial charge on any atom is -0.288 e. The summed E-state index contributed by atoms with van der Waals surface area (Å²) >= 11 is 5.49. The van der Waals surface area contributed by atoms with E-state index in [2.05, 4.69) is 0 Å². The van der Waals surface area contributed by atoms with Crippen molar-refractivity contribution in [3.63, 3.8) is 0 Å². The monoisotopic (exact) mass is 250 g/mol. The third-order valence-electron chi connectivity index (χ3n) is 1.80. The van der Waals surface area contributed by atoms with Crippen LogP contribution in [0.1, 0.15) is 10.9 Å². The highest BCUT2D eigenvalue weighted by Gasteiger charge is 2.45. The minimum absolute atomic E-state index is 0.159. The van der Waals surface area contributed by atoms with Crippen molar-refractivity contribution < 1.29 is 22.8 Å². The number of ketones is 2. The smallest absolute Gasteiger partial charge is 0.288 e. The van der Waals surface area contributed by atoms with Gasteiger partial charge in [0.25, 0.3) is 0 Å². The Morgan fingerprint density at radius 2 is 1.62 bits per heavy atom. The van der Waals surface area contributed by atoms with Gasteiger partial charge in [0.05, 0.1) is 0 Å². The van der Waals surface area contributed by atoms with Crippen LogP contribution in [0.2, 0.25) is 0 Å². The van der Waals surface area contributed by atoms with Crippen molar-refractivity contribution in [3.05, 3.63) is 35.9 Å². The molecule has 1 unspecified atom stereocenters. The number of rotatable bonds is 3. The molecular weight excluding hydrogens is 245 g/mol. The standard InChI is InChI=1S/C10H6ClF3O2/c11-7(6-4-2-1-3-5-6)8(15)9(16)10(12,13)14/h1-5,7H. The molecule has 0 bridgehead atoms. The van der Waals surface area contributed by atoms with Gasteiger partial charge in [-0.1, -0.05) is 30.3 Å². The predicted octanol–water partition coefficient (Wildman–Crippen LogP) is 2.67. The molecule has 2 nitrogen and oxygen atoms in total. The van der Waals surface area contributed by atoms with Gasteiger partial charge in [0, 0.05) is 0 Å². The van der Waals surface area contributed by atoms with Crippen LogP contribution in [0.15, 0.2) is 30.3 Å². The lowest BCUT2D eigenvalue weighted by atomic mass is 10.1. The fourth-order valence-electron chi connectivity index (χ4n) is 1.03. The molecule has 0 aliphatic rings. The second-order valence-corrected chi connectivity index (χ2v) is 3.40. The van der Waals surface area contributed by atoms with Crippen molar-refractivity contribution in [2.75, 3.05) is 0 Å². The first-order valence-electron chi connectivity index (χ1n) is 4.18. The molecule has 1 aromatic carbocycles. The van der Waals surface area contributed by atoms with Gasteiger partial charge in [0.15, 0.2) is 0 Å². The van der Waals surface area contributed by atoms with E-state index >= 15 is 0 Å². The summed E-state index contributed by atoms with van der Waals surface area (Å²) in [5.41, 5.74) is 0.159. The zero-order valence-electron chi connectivity index (χ0n) is 7.79. The summed E-state index contributed by atoms with van der Waals surface area (Å²) in [5, 5.41) is -1.60. The molecule has 1 atom stereocenters. The van der Waals surface area contributed by atoms with Crippen LogP contribution in [0.25, 0.3) is 0 Å². The molecule has 0 amide bonds. The second kappa shape index (κ2) is 4.65. The molecule has 0 saturated carbocycles. The van der Waals surface area contributed by atoms with E-state index in [1.54, 1.807) is 6.07 Å². The maximum absolute atomic E-state index is 11.9. The van der Waals surface area contributed by atoms with Crippen LogP contribution in [0.4, 0.5) is 13.2 Å². The van der Waals surface area contributed by atoms with Crippen molar-refractivity contribution in [1.82, 2.24) is 0 Å². The summed E-state index contributed by atoms with van der Waals surface area (Å²) in [4.78, 5) is 21.7. The average molecular weight is 251 g/mol. The van der Waals surface area contributed by atoms with Crippen LogP contribution >= 0.6 is 11.6 Å².